The van der Waals surface area contributed by atoms with Crippen LogP contribution in [-0.4, -0.2) is 25.1 Å². The van der Waals surface area contributed by atoms with Gasteiger partial charge in [-0.1, -0.05) is 12.1 Å². The zero-order valence-corrected chi connectivity index (χ0v) is 15.2. The second-order valence-electron chi connectivity index (χ2n) is 6.40. The van der Waals surface area contributed by atoms with Crippen molar-refractivity contribution in [1.82, 2.24) is 19.3 Å². The van der Waals surface area contributed by atoms with Gasteiger partial charge in [0.1, 0.15) is 24.3 Å². The molecule has 0 saturated heterocycles. The van der Waals surface area contributed by atoms with Crippen LogP contribution < -0.4 is 11.3 Å². The average molecular weight is 389 g/mol. The molecule has 0 spiro atoms. The van der Waals surface area contributed by atoms with Gasteiger partial charge < -0.3 is 5.73 Å². The van der Waals surface area contributed by atoms with E-state index in [4.69, 9.17) is 5.73 Å². The molecule has 144 valence electrons. The zero-order chi connectivity index (χ0) is 20.4. The molecular formula is C21H16FN5O2. The van der Waals surface area contributed by atoms with E-state index in [1.54, 1.807) is 29.2 Å². The van der Waals surface area contributed by atoms with Crippen molar-refractivity contribution in [2.45, 2.75) is 6.54 Å². The van der Waals surface area contributed by atoms with Crippen LogP contribution in [0.4, 0.5) is 10.2 Å². The summed E-state index contributed by atoms with van der Waals surface area (Å²) < 4.78 is 16.1. The second-order valence-corrected chi connectivity index (χ2v) is 6.40. The number of hydrogen-bond donors (Lipinski definition) is 1. The second kappa shape index (κ2) is 7.51. The minimum absolute atomic E-state index is 0.0183. The first-order chi connectivity index (χ1) is 14.0. The van der Waals surface area contributed by atoms with E-state index in [-0.39, 0.29) is 22.5 Å². The van der Waals surface area contributed by atoms with E-state index in [9.17, 15) is 14.0 Å². The summed E-state index contributed by atoms with van der Waals surface area (Å²) in [5, 5.41) is 4.07. The van der Waals surface area contributed by atoms with Crippen molar-refractivity contribution in [3.05, 3.63) is 106 Å². The maximum Gasteiger partial charge on any atom is 0.256 e. The normalized spacial score (nSPS) is 10.8. The fourth-order valence-electron chi connectivity index (χ4n) is 3.06. The number of anilines is 1. The molecule has 0 unspecified atom stereocenters. The number of halogens is 1. The van der Waals surface area contributed by atoms with Crippen LogP contribution in [0.15, 0.2) is 78.1 Å². The van der Waals surface area contributed by atoms with E-state index < -0.39 is 11.6 Å². The summed E-state index contributed by atoms with van der Waals surface area (Å²) in [4.78, 5) is 29.2. The topological polar surface area (TPSA) is 95.8 Å². The van der Waals surface area contributed by atoms with Gasteiger partial charge in [0.05, 0.1) is 17.8 Å². The van der Waals surface area contributed by atoms with Crippen molar-refractivity contribution in [2.24, 2.45) is 0 Å². The van der Waals surface area contributed by atoms with Crippen molar-refractivity contribution < 1.29 is 9.18 Å². The Balaban J connectivity index is 1.75. The lowest BCUT2D eigenvalue weighted by Crippen LogP contribution is -2.23. The highest BCUT2D eigenvalue weighted by Gasteiger charge is 2.17. The number of carbonyl (C=O) groups is 1. The molecule has 7 nitrogen and oxygen atoms in total. The predicted octanol–water partition coefficient (Wildman–Crippen LogP) is 2.43. The summed E-state index contributed by atoms with van der Waals surface area (Å²) in [5.41, 5.74) is 7.70. The molecule has 0 aliphatic heterocycles. The van der Waals surface area contributed by atoms with Crippen LogP contribution in [0.2, 0.25) is 0 Å². The molecule has 0 amide bonds. The number of nitrogen functional groups attached to an aromatic ring is 1. The fourth-order valence-corrected chi connectivity index (χ4v) is 3.06. The smallest absolute Gasteiger partial charge is 0.256 e. The molecule has 0 aliphatic carbocycles. The third-order valence-corrected chi connectivity index (χ3v) is 4.46. The van der Waals surface area contributed by atoms with E-state index in [1.807, 2.05) is 6.07 Å². The summed E-state index contributed by atoms with van der Waals surface area (Å²) >= 11 is 0. The van der Waals surface area contributed by atoms with Crippen LogP contribution in [-0.2, 0) is 6.54 Å². The molecule has 0 aliphatic rings. The maximum absolute atomic E-state index is 13.2. The van der Waals surface area contributed by atoms with Gasteiger partial charge in [-0.25, -0.2) is 14.1 Å². The van der Waals surface area contributed by atoms with Crippen LogP contribution in [0, 0.1) is 5.82 Å². The lowest BCUT2D eigenvalue weighted by molar-refractivity contribution is 0.103. The highest BCUT2D eigenvalue weighted by atomic mass is 19.1. The minimum atomic E-state index is -0.441. The first-order valence-electron chi connectivity index (χ1n) is 8.76. The highest BCUT2D eigenvalue weighted by molar-refractivity contribution is 6.11. The van der Waals surface area contributed by atoms with Gasteiger partial charge in [-0.15, -0.1) is 0 Å². The van der Waals surface area contributed by atoms with Crippen LogP contribution in [0.1, 0.15) is 21.5 Å². The first kappa shape index (κ1) is 18.3. The number of nitrogens with zero attached hydrogens (tertiary/aromatic N) is 4. The number of benzene rings is 2. The highest BCUT2D eigenvalue weighted by Crippen LogP contribution is 2.20. The van der Waals surface area contributed by atoms with Crippen molar-refractivity contribution >= 4 is 11.6 Å². The Morgan fingerprint density at radius 1 is 1.07 bits per heavy atom. The monoisotopic (exact) mass is 389 g/mol. The van der Waals surface area contributed by atoms with Crippen molar-refractivity contribution in [2.75, 3.05) is 5.73 Å². The summed E-state index contributed by atoms with van der Waals surface area (Å²) in [6.45, 7) is 0.469. The number of nitrogens with two attached hydrogens (primary N) is 1. The van der Waals surface area contributed by atoms with Gasteiger partial charge >= 0.3 is 0 Å². The number of aromatic nitrogens is 4. The third kappa shape index (κ3) is 3.68. The molecule has 4 aromatic rings. The van der Waals surface area contributed by atoms with Crippen LogP contribution >= 0.6 is 0 Å². The standard InChI is InChI=1S/C21H16FN5O2/c22-16-6-4-15(5-7-16)20(29)18-8-9-19(28)27(21(18)23)17-3-1-2-14(10-17)11-26-13-24-12-25-26/h1-10,12-13H,11,23H2. The number of rotatable bonds is 5. The molecular weight excluding hydrogens is 373 g/mol. The predicted molar refractivity (Wildman–Crippen MR) is 105 cm³/mol. The van der Waals surface area contributed by atoms with E-state index >= 15 is 0 Å². The molecule has 0 atom stereocenters. The Kier molecular flexibility index (Phi) is 4.74. The molecule has 29 heavy (non-hydrogen) atoms. The molecule has 8 heteroatoms. The zero-order valence-electron chi connectivity index (χ0n) is 15.2. The van der Waals surface area contributed by atoms with Gasteiger partial charge in [-0.05, 0) is 48.0 Å². The summed E-state index contributed by atoms with van der Waals surface area (Å²) in [6.07, 6.45) is 3.03. The Hall–Kier alpha value is -4.07. The maximum atomic E-state index is 13.2. The molecule has 2 heterocycles. The van der Waals surface area contributed by atoms with Crippen LogP contribution in [0.3, 0.4) is 0 Å². The molecule has 2 aromatic heterocycles. The molecule has 0 fully saturated rings. The molecule has 2 N–H and O–H groups in total. The van der Waals surface area contributed by atoms with E-state index in [2.05, 4.69) is 10.1 Å². The Labute approximate surface area is 164 Å². The quantitative estimate of drug-likeness (QED) is 0.529. The van der Waals surface area contributed by atoms with Crippen molar-refractivity contribution in [3.8, 4) is 5.69 Å². The van der Waals surface area contributed by atoms with Crippen molar-refractivity contribution in [3.63, 3.8) is 0 Å². The van der Waals surface area contributed by atoms with Crippen molar-refractivity contribution in [1.29, 1.82) is 0 Å². The summed E-state index contributed by atoms with van der Waals surface area (Å²) in [6, 6.07) is 15.1. The number of ketones is 1. The lowest BCUT2D eigenvalue weighted by atomic mass is 10.0. The van der Waals surface area contributed by atoms with E-state index in [1.165, 1.54) is 47.3 Å². The van der Waals surface area contributed by atoms with Gasteiger partial charge in [0, 0.05) is 11.6 Å². The number of pyridine rings is 1. The Morgan fingerprint density at radius 2 is 1.86 bits per heavy atom. The van der Waals surface area contributed by atoms with Gasteiger partial charge in [0.2, 0.25) is 0 Å². The SMILES string of the molecule is Nc1c(C(=O)c2ccc(F)cc2)ccc(=O)n1-c1cccc(Cn2cncn2)c1. The van der Waals surface area contributed by atoms with Crippen LogP contribution in [0.25, 0.3) is 5.69 Å². The fraction of sp³-hybridized carbons (Fsp3) is 0.0476. The van der Waals surface area contributed by atoms with Crippen LogP contribution in [0.5, 0.6) is 0 Å². The first-order valence-corrected chi connectivity index (χ1v) is 8.76. The minimum Gasteiger partial charge on any atom is -0.384 e. The molecule has 0 bridgehead atoms. The number of hydrogen-bond acceptors (Lipinski definition) is 5. The largest absolute Gasteiger partial charge is 0.384 e. The number of carbonyl (C=O) groups excluding carboxylic acids is 1. The lowest BCUT2D eigenvalue weighted by Gasteiger charge is -2.14. The molecule has 0 radical (unpaired) electrons. The average Bonchev–Trinajstić information content (AvgIpc) is 3.22. The molecule has 2 aromatic carbocycles. The Bertz CT molecular complexity index is 1230. The summed E-state index contributed by atoms with van der Waals surface area (Å²) in [7, 11) is 0. The van der Waals surface area contributed by atoms with E-state index in [0.717, 1.165) is 5.56 Å². The third-order valence-electron chi connectivity index (χ3n) is 4.46. The van der Waals surface area contributed by atoms with Gasteiger partial charge in [0.25, 0.3) is 5.56 Å². The van der Waals surface area contributed by atoms with Gasteiger partial charge in [-0.3, -0.25) is 14.2 Å². The van der Waals surface area contributed by atoms with E-state index in [0.29, 0.717) is 12.2 Å². The molecule has 4 rings (SSSR count). The molecule has 0 saturated carbocycles. The van der Waals surface area contributed by atoms with Gasteiger partial charge in [-0.2, -0.15) is 5.10 Å². The van der Waals surface area contributed by atoms with Gasteiger partial charge in [0.15, 0.2) is 5.78 Å². The summed E-state index contributed by atoms with van der Waals surface area (Å²) in [5.74, 6) is -0.816. The Morgan fingerprint density at radius 3 is 2.59 bits per heavy atom.